The average molecular weight is 542 g/mol. The molecule has 0 radical (unpaired) electrons. The number of carboxylic acid groups (broad SMARTS) is 4. The summed E-state index contributed by atoms with van der Waals surface area (Å²) in [5.74, 6) is -5.43. The van der Waals surface area contributed by atoms with Crippen molar-refractivity contribution in [1.29, 1.82) is 0 Å². The Labute approximate surface area is 225 Å². The highest BCUT2D eigenvalue weighted by atomic mass is 16.5. The Hall–Kier alpha value is -6.04. The zero-order chi connectivity index (χ0) is 28.8. The fourth-order valence-corrected chi connectivity index (χ4v) is 3.56. The van der Waals surface area contributed by atoms with Crippen molar-refractivity contribution in [2.24, 2.45) is 10.2 Å². The quantitative estimate of drug-likeness (QED) is 0.161. The predicted molar refractivity (Wildman–Crippen MR) is 138 cm³/mol. The van der Waals surface area contributed by atoms with E-state index in [4.69, 9.17) is 9.47 Å². The number of benzene rings is 4. The van der Waals surface area contributed by atoms with Gasteiger partial charge in [0.2, 0.25) is 0 Å². The van der Waals surface area contributed by atoms with Gasteiger partial charge in [0, 0.05) is 0 Å². The van der Waals surface area contributed by atoms with E-state index in [1.54, 1.807) is 24.3 Å². The summed E-state index contributed by atoms with van der Waals surface area (Å²) in [7, 11) is 0. The molecule has 4 N–H and O–H groups in total. The van der Waals surface area contributed by atoms with E-state index < -0.39 is 46.1 Å². The standard InChI is InChI=1S/C28H18N2O10/c31-25(32)19-3-1-5-21(23(19)27(35)36)39-17-11-7-15(8-12-17)29-30-16-9-13-18(14-10-16)40-22-6-2-4-20(26(33)34)24(22)28(37)38/h1-14H,(H,31,32)(H,33,34)(H,35,36)(H,37,38). The van der Waals surface area contributed by atoms with Crippen molar-refractivity contribution in [2.75, 3.05) is 0 Å². The Morgan fingerprint density at radius 1 is 0.475 bits per heavy atom. The summed E-state index contributed by atoms with van der Waals surface area (Å²) in [6, 6.07) is 20.1. The number of hydrogen-bond donors (Lipinski definition) is 4. The molecule has 12 heteroatoms. The first-order valence-electron chi connectivity index (χ1n) is 11.3. The maximum Gasteiger partial charge on any atom is 0.340 e. The van der Waals surface area contributed by atoms with Crippen LogP contribution in [0.15, 0.2) is 95.2 Å². The van der Waals surface area contributed by atoms with E-state index in [2.05, 4.69) is 10.2 Å². The van der Waals surface area contributed by atoms with Crippen LogP contribution in [0.1, 0.15) is 41.4 Å². The van der Waals surface area contributed by atoms with E-state index in [1.165, 1.54) is 60.7 Å². The summed E-state index contributed by atoms with van der Waals surface area (Å²) in [5, 5.41) is 45.6. The maximum atomic E-state index is 11.6. The molecule has 0 atom stereocenters. The Morgan fingerprint density at radius 3 is 1.12 bits per heavy atom. The summed E-state index contributed by atoms with van der Waals surface area (Å²) in [5.41, 5.74) is -0.880. The van der Waals surface area contributed by atoms with Crippen LogP contribution in [-0.4, -0.2) is 44.3 Å². The molecule has 0 unspecified atom stereocenters. The zero-order valence-corrected chi connectivity index (χ0v) is 20.2. The molecule has 12 nitrogen and oxygen atoms in total. The highest BCUT2D eigenvalue weighted by Crippen LogP contribution is 2.31. The second-order valence-corrected chi connectivity index (χ2v) is 7.97. The summed E-state index contributed by atoms with van der Waals surface area (Å²) >= 11 is 0. The van der Waals surface area contributed by atoms with Crippen LogP contribution in [0.2, 0.25) is 0 Å². The minimum atomic E-state index is -1.44. The molecule has 0 aliphatic rings. The van der Waals surface area contributed by atoms with Crippen LogP contribution < -0.4 is 9.47 Å². The van der Waals surface area contributed by atoms with Gasteiger partial charge in [0.25, 0.3) is 0 Å². The SMILES string of the molecule is O=C(O)c1cccc(Oc2ccc(N=Nc3ccc(Oc4cccc(C(=O)O)c4C(=O)O)cc3)cc2)c1C(=O)O. The second-order valence-electron chi connectivity index (χ2n) is 7.97. The molecule has 0 saturated heterocycles. The molecule has 0 aromatic heterocycles. The van der Waals surface area contributed by atoms with E-state index in [9.17, 15) is 39.6 Å². The predicted octanol–water partition coefficient (Wildman–Crippen LogP) is 6.48. The molecule has 0 spiro atoms. The van der Waals surface area contributed by atoms with Crippen LogP contribution >= 0.6 is 0 Å². The Morgan fingerprint density at radius 2 is 0.825 bits per heavy atom. The largest absolute Gasteiger partial charge is 0.478 e. The van der Waals surface area contributed by atoms with E-state index in [1.807, 2.05) is 0 Å². The molecule has 0 aliphatic heterocycles. The number of azo groups is 1. The zero-order valence-electron chi connectivity index (χ0n) is 20.2. The maximum absolute atomic E-state index is 11.6. The fraction of sp³-hybridized carbons (Fsp3) is 0. The molecule has 4 aromatic carbocycles. The van der Waals surface area contributed by atoms with Gasteiger partial charge in [-0.15, -0.1) is 0 Å². The van der Waals surface area contributed by atoms with Crippen LogP contribution in [0.3, 0.4) is 0 Å². The van der Waals surface area contributed by atoms with Crippen molar-refractivity contribution >= 4 is 35.3 Å². The molecular formula is C28H18N2O10. The molecular weight excluding hydrogens is 524 g/mol. The molecule has 0 amide bonds. The number of ether oxygens (including phenoxy) is 2. The number of carbonyl (C=O) groups is 4. The van der Waals surface area contributed by atoms with E-state index >= 15 is 0 Å². The highest BCUT2D eigenvalue weighted by molar-refractivity contribution is 6.04. The molecule has 40 heavy (non-hydrogen) atoms. The van der Waals surface area contributed by atoms with Crippen LogP contribution in [0.4, 0.5) is 11.4 Å². The summed E-state index contributed by atoms with van der Waals surface area (Å²) < 4.78 is 11.2. The van der Waals surface area contributed by atoms with Gasteiger partial charge in [0.15, 0.2) is 0 Å². The van der Waals surface area contributed by atoms with E-state index in [0.29, 0.717) is 11.4 Å². The first-order chi connectivity index (χ1) is 19.1. The Kier molecular flexibility index (Phi) is 7.81. The number of rotatable bonds is 10. The summed E-state index contributed by atoms with van der Waals surface area (Å²) in [6.45, 7) is 0. The van der Waals surface area contributed by atoms with Gasteiger partial charge in [-0.25, -0.2) is 19.2 Å². The Balaban J connectivity index is 1.45. The number of aromatic carboxylic acids is 4. The fourth-order valence-electron chi connectivity index (χ4n) is 3.56. The normalized spacial score (nSPS) is 10.7. The minimum absolute atomic E-state index is 0.130. The topological polar surface area (TPSA) is 192 Å². The van der Waals surface area contributed by atoms with Gasteiger partial charge in [-0.05, 0) is 72.8 Å². The van der Waals surface area contributed by atoms with Gasteiger partial charge in [-0.2, -0.15) is 10.2 Å². The number of carboxylic acids is 4. The third kappa shape index (κ3) is 6.08. The van der Waals surface area contributed by atoms with Gasteiger partial charge >= 0.3 is 23.9 Å². The lowest BCUT2D eigenvalue weighted by atomic mass is 10.1. The number of hydrogen-bond acceptors (Lipinski definition) is 8. The van der Waals surface area contributed by atoms with Crippen molar-refractivity contribution < 1.29 is 49.1 Å². The first-order valence-corrected chi connectivity index (χ1v) is 11.3. The molecule has 0 aliphatic carbocycles. The smallest absolute Gasteiger partial charge is 0.340 e. The third-order valence-corrected chi connectivity index (χ3v) is 5.35. The lowest BCUT2D eigenvalue weighted by molar-refractivity contribution is 0.0649. The summed E-state index contributed by atoms with van der Waals surface area (Å²) in [6.07, 6.45) is 0. The third-order valence-electron chi connectivity index (χ3n) is 5.35. The van der Waals surface area contributed by atoms with Crippen LogP contribution in [0, 0.1) is 0 Å². The molecule has 200 valence electrons. The van der Waals surface area contributed by atoms with Crippen LogP contribution in [-0.2, 0) is 0 Å². The second kappa shape index (κ2) is 11.6. The van der Waals surface area contributed by atoms with Gasteiger partial charge in [0.1, 0.15) is 34.1 Å². The lowest BCUT2D eigenvalue weighted by Crippen LogP contribution is -2.09. The minimum Gasteiger partial charge on any atom is -0.478 e. The van der Waals surface area contributed by atoms with Gasteiger partial charge < -0.3 is 29.9 Å². The Bertz CT molecular complexity index is 1520. The van der Waals surface area contributed by atoms with Gasteiger partial charge in [0.05, 0.1) is 22.5 Å². The van der Waals surface area contributed by atoms with Gasteiger partial charge in [-0.1, -0.05) is 12.1 Å². The molecule has 4 rings (SSSR count). The van der Waals surface area contributed by atoms with Crippen LogP contribution in [0.25, 0.3) is 0 Å². The number of nitrogens with zero attached hydrogens (tertiary/aromatic N) is 2. The van der Waals surface area contributed by atoms with E-state index in [-0.39, 0.29) is 23.0 Å². The average Bonchev–Trinajstić information content (AvgIpc) is 2.93. The van der Waals surface area contributed by atoms with Crippen molar-refractivity contribution in [3.05, 3.63) is 107 Å². The first kappa shape index (κ1) is 27.0. The van der Waals surface area contributed by atoms with Crippen molar-refractivity contribution in [1.82, 2.24) is 0 Å². The lowest BCUT2D eigenvalue weighted by Gasteiger charge is -2.11. The summed E-state index contributed by atoms with van der Waals surface area (Å²) in [4.78, 5) is 45.9. The molecule has 0 saturated carbocycles. The van der Waals surface area contributed by atoms with Gasteiger partial charge in [-0.3, -0.25) is 0 Å². The molecule has 0 heterocycles. The monoisotopic (exact) mass is 542 g/mol. The van der Waals surface area contributed by atoms with Crippen molar-refractivity contribution in [3.63, 3.8) is 0 Å². The molecule has 0 fully saturated rings. The van der Waals surface area contributed by atoms with E-state index in [0.717, 1.165) is 0 Å². The molecule has 4 aromatic rings. The van der Waals surface area contributed by atoms with Crippen LogP contribution in [0.5, 0.6) is 23.0 Å². The highest BCUT2D eigenvalue weighted by Gasteiger charge is 2.22. The van der Waals surface area contributed by atoms with Crippen molar-refractivity contribution in [2.45, 2.75) is 0 Å². The van der Waals surface area contributed by atoms with Crippen molar-refractivity contribution in [3.8, 4) is 23.0 Å². The molecule has 0 bridgehead atoms.